The summed E-state index contributed by atoms with van der Waals surface area (Å²) in [5.74, 6) is 0.967. The average molecular weight is 432 g/mol. The van der Waals surface area contributed by atoms with Crippen LogP contribution in [0.15, 0.2) is 52.9 Å². The first-order valence-corrected chi connectivity index (χ1v) is 11.0. The van der Waals surface area contributed by atoms with Gasteiger partial charge in [-0.1, -0.05) is 67.3 Å². The molecule has 0 bridgehead atoms. The molecule has 1 amide bonds. The summed E-state index contributed by atoms with van der Waals surface area (Å²) in [6.45, 7) is 5.92. The van der Waals surface area contributed by atoms with E-state index in [1.165, 1.54) is 34.7 Å². The highest BCUT2D eigenvalue weighted by atomic mass is 32.2. The molecule has 3 rings (SSSR count). The first-order chi connectivity index (χ1) is 13.9. The van der Waals surface area contributed by atoms with Gasteiger partial charge >= 0.3 is 0 Å². The number of aromatic nitrogens is 2. The zero-order valence-electron chi connectivity index (χ0n) is 16.4. The summed E-state index contributed by atoms with van der Waals surface area (Å²) in [6.07, 6.45) is -0.682. The Kier molecular flexibility index (Phi) is 7.22. The van der Waals surface area contributed by atoms with E-state index in [4.69, 9.17) is 4.74 Å². The van der Waals surface area contributed by atoms with Crippen molar-refractivity contribution in [3.05, 3.63) is 65.5 Å². The summed E-state index contributed by atoms with van der Waals surface area (Å²) in [7, 11) is 0. The molecule has 0 saturated carbocycles. The third-order valence-electron chi connectivity index (χ3n) is 4.17. The molecule has 29 heavy (non-hydrogen) atoms. The molecule has 152 valence electrons. The van der Waals surface area contributed by atoms with Gasteiger partial charge in [0.15, 0.2) is 10.4 Å². The van der Waals surface area contributed by atoms with Gasteiger partial charge in [0.1, 0.15) is 11.6 Å². The molecule has 0 spiro atoms. The van der Waals surface area contributed by atoms with Gasteiger partial charge in [-0.05, 0) is 42.2 Å². The molecular weight excluding hydrogens is 409 g/mol. The van der Waals surface area contributed by atoms with Crippen LogP contribution in [0.25, 0.3) is 0 Å². The Labute approximate surface area is 177 Å². The topological polar surface area (TPSA) is 64.1 Å². The third kappa shape index (κ3) is 6.01. The van der Waals surface area contributed by atoms with Crippen molar-refractivity contribution >= 4 is 34.1 Å². The van der Waals surface area contributed by atoms with Gasteiger partial charge in [0, 0.05) is 5.75 Å². The number of carbonyl (C=O) groups excluding carboxylic acids is 1. The van der Waals surface area contributed by atoms with Crippen molar-refractivity contribution in [1.29, 1.82) is 0 Å². The lowest BCUT2D eigenvalue weighted by Gasteiger charge is -2.14. The molecule has 1 N–H and O–H groups in total. The largest absolute Gasteiger partial charge is 0.481 e. The Morgan fingerprint density at radius 3 is 2.55 bits per heavy atom. The molecule has 3 aromatic rings. The van der Waals surface area contributed by atoms with E-state index >= 15 is 0 Å². The molecule has 5 nitrogen and oxygen atoms in total. The number of thioether (sulfide) groups is 1. The van der Waals surface area contributed by atoms with Crippen molar-refractivity contribution in [2.75, 3.05) is 5.32 Å². The number of hydrogen-bond acceptors (Lipinski definition) is 6. The van der Waals surface area contributed by atoms with Crippen LogP contribution in [0.2, 0.25) is 0 Å². The van der Waals surface area contributed by atoms with Crippen LogP contribution < -0.4 is 10.1 Å². The van der Waals surface area contributed by atoms with Crippen molar-refractivity contribution in [3.8, 4) is 5.75 Å². The molecule has 0 aliphatic carbocycles. The molecular formula is C21H22FN3O2S2. The highest BCUT2D eigenvalue weighted by Gasteiger charge is 2.17. The molecule has 8 heteroatoms. The molecule has 1 heterocycles. The minimum Gasteiger partial charge on any atom is -0.481 e. The normalized spacial score (nSPS) is 12.0. The van der Waals surface area contributed by atoms with Gasteiger partial charge in [-0.3, -0.25) is 10.1 Å². The van der Waals surface area contributed by atoms with E-state index in [2.05, 4.69) is 29.4 Å². The second-order valence-corrected chi connectivity index (χ2v) is 8.93. The van der Waals surface area contributed by atoms with Crippen LogP contribution >= 0.6 is 23.1 Å². The molecule has 2 aromatic carbocycles. The lowest BCUT2D eigenvalue weighted by molar-refractivity contribution is -0.122. The van der Waals surface area contributed by atoms with Crippen LogP contribution in [0.5, 0.6) is 5.75 Å². The van der Waals surface area contributed by atoms with E-state index in [0.29, 0.717) is 32.5 Å². The van der Waals surface area contributed by atoms with Crippen molar-refractivity contribution in [2.24, 2.45) is 0 Å². The van der Waals surface area contributed by atoms with Crippen molar-refractivity contribution in [1.82, 2.24) is 10.2 Å². The summed E-state index contributed by atoms with van der Waals surface area (Å²) >= 11 is 2.62. The third-order valence-corrected chi connectivity index (χ3v) is 6.20. The highest BCUT2D eigenvalue weighted by Crippen LogP contribution is 2.29. The fourth-order valence-electron chi connectivity index (χ4n) is 2.47. The number of nitrogens with one attached hydrogen (secondary N) is 1. The lowest BCUT2D eigenvalue weighted by atomic mass is 10.0. The first-order valence-electron chi connectivity index (χ1n) is 9.19. The Morgan fingerprint density at radius 1 is 1.14 bits per heavy atom. The number of nitrogens with zero attached hydrogens (tertiary/aromatic N) is 2. The summed E-state index contributed by atoms with van der Waals surface area (Å²) < 4.78 is 20.0. The minimum absolute atomic E-state index is 0.245. The predicted octanol–water partition coefficient (Wildman–Crippen LogP) is 5.50. The summed E-state index contributed by atoms with van der Waals surface area (Å²) in [4.78, 5) is 12.4. The number of halogens is 1. The van der Waals surface area contributed by atoms with Crippen molar-refractivity contribution in [2.45, 2.75) is 42.9 Å². The second-order valence-electron chi connectivity index (χ2n) is 6.73. The summed E-state index contributed by atoms with van der Waals surface area (Å²) in [5, 5.41) is 11.1. The standard InChI is InChI=1S/C21H22FN3O2S2/c1-13(2)15-8-10-17(11-9-15)27-14(3)19(26)23-20-24-25-21(29-20)28-12-16-6-4-5-7-18(16)22/h4-11,13-14H,12H2,1-3H3,(H,23,24,26). The van der Waals surface area contributed by atoms with Crippen molar-refractivity contribution in [3.63, 3.8) is 0 Å². The molecule has 0 aliphatic rings. The Bertz CT molecular complexity index is 961. The number of rotatable bonds is 8. The van der Waals surface area contributed by atoms with Gasteiger partial charge < -0.3 is 4.74 Å². The van der Waals surface area contributed by atoms with Crippen molar-refractivity contribution < 1.29 is 13.9 Å². The maximum absolute atomic E-state index is 13.7. The first kappa shape index (κ1) is 21.3. The van der Waals surface area contributed by atoms with E-state index in [0.717, 1.165) is 0 Å². The fourth-order valence-corrected chi connectivity index (χ4v) is 4.21. The monoisotopic (exact) mass is 431 g/mol. The SMILES string of the molecule is CC(Oc1ccc(C(C)C)cc1)C(=O)Nc1nnc(SCc2ccccc2F)s1. The smallest absolute Gasteiger partial charge is 0.266 e. The molecule has 1 atom stereocenters. The number of amides is 1. The number of benzene rings is 2. The van der Waals surface area contributed by atoms with Crippen LogP contribution in [0, 0.1) is 5.82 Å². The van der Waals surface area contributed by atoms with Crippen LogP contribution in [-0.2, 0) is 10.5 Å². The molecule has 0 saturated heterocycles. The Hall–Kier alpha value is -2.45. The van der Waals surface area contributed by atoms with Gasteiger partial charge in [-0.25, -0.2) is 4.39 Å². The van der Waals surface area contributed by atoms with E-state index in [-0.39, 0.29) is 11.7 Å². The predicted molar refractivity (Wildman–Crippen MR) is 115 cm³/mol. The molecule has 1 unspecified atom stereocenters. The summed E-state index contributed by atoms with van der Waals surface area (Å²) in [6, 6.07) is 14.3. The van der Waals surface area contributed by atoms with E-state index in [9.17, 15) is 9.18 Å². The number of anilines is 1. The number of hydrogen-bond donors (Lipinski definition) is 1. The van der Waals surface area contributed by atoms with Crippen LogP contribution in [-0.4, -0.2) is 22.2 Å². The quantitative estimate of drug-likeness (QED) is 0.377. The molecule has 0 aliphatic heterocycles. The Balaban J connectivity index is 1.52. The maximum atomic E-state index is 13.7. The van der Waals surface area contributed by atoms with E-state index < -0.39 is 6.10 Å². The van der Waals surface area contributed by atoms with E-state index in [1.54, 1.807) is 25.1 Å². The van der Waals surface area contributed by atoms with E-state index in [1.807, 2.05) is 24.3 Å². The van der Waals surface area contributed by atoms with Gasteiger partial charge in [-0.15, -0.1) is 10.2 Å². The van der Waals surface area contributed by atoms with Crippen LogP contribution in [0.1, 0.15) is 37.8 Å². The van der Waals surface area contributed by atoms with Crippen LogP contribution in [0.3, 0.4) is 0 Å². The summed E-state index contributed by atoms with van der Waals surface area (Å²) in [5.41, 5.74) is 1.81. The minimum atomic E-state index is -0.682. The van der Waals surface area contributed by atoms with Gasteiger partial charge in [0.25, 0.3) is 5.91 Å². The van der Waals surface area contributed by atoms with Gasteiger partial charge in [0.05, 0.1) is 0 Å². The second kappa shape index (κ2) is 9.84. The zero-order chi connectivity index (χ0) is 20.8. The zero-order valence-corrected chi connectivity index (χ0v) is 18.0. The highest BCUT2D eigenvalue weighted by molar-refractivity contribution is 8.00. The average Bonchev–Trinajstić information content (AvgIpc) is 3.15. The van der Waals surface area contributed by atoms with Gasteiger partial charge in [-0.2, -0.15) is 0 Å². The fraction of sp³-hybridized carbons (Fsp3) is 0.286. The van der Waals surface area contributed by atoms with Gasteiger partial charge in [0.2, 0.25) is 5.13 Å². The molecule has 0 radical (unpaired) electrons. The van der Waals surface area contributed by atoms with Crippen LogP contribution in [0.4, 0.5) is 9.52 Å². The Morgan fingerprint density at radius 2 is 1.86 bits per heavy atom. The molecule has 1 aromatic heterocycles. The maximum Gasteiger partial charge on any atom is 0.266 e. The number of ether oxygens (including phenoxy) is 1. The lowest BCUT2D eigenvalue weighted by Crippen LogP contribution is -2.30. The number of carbonyl (C=O) groups is 1. The molecule has 0 fully saturated rings.